The number of aryl methyl sites for hydroxylation is 1. The van der Waals surface area contributed by atoms with Crippen LogP contribution in [0.5, 0.6) is 11.5 Å². The Morgan fingerprint density at radius 2 is 1.68 bits per heavy atom. The maximum Gasteiger partial charge on any atom is 0.305 e. The zero-order chi connectivity index (χ0) is 32.4. The van der Waals surface area contributed by atoms with Gasteiger partial charge in [0.25, 0.3) is 5.91 Å². The normalized spacial score (nSPS) is 26.9. The largest absolute Gasteiger partial charge is 0.490 e. The van der Waals surface area contributed by atoms with Crippen molar-refractivity contribution in [3.05, 3.63) is 98.5 Å². The number of aromatic nitrogens is 1. The zero-order valence-electron chi connectivity index (χ0n) is 25.8. The number of fused-ring (bicyclic) bond motifs is 9. The van der Waals surface area contributed by atoms with E-state index in [0.717, 1.165) is 33.1 Å². The van der Waals surface area contributed by atoms with Crippen molar-refractivity contribution in [2.75, 3.05) is 23.4 Å². The Bertz CT molecular complexity index is 1960. The third kappa shape index (κ3) is 4.90. The summed E-state index contributed by atoms with van der Waals surface area (Å²) >= 11 is 2.88. The van der Waals surface area contributed by atoms with Crippen LogP contribution in [0, 0.1) is 36.5 Å². The van der Waals surface area contributed by atoms with Gasteiger partial charge >= 0.3 is 4.87 Å². The van der Waals surface area contributed by atoms with Crippen LogP contribution < -0.4 is 24.6 Å². The predicted molar refractivity (Wildman–Crippen MR) is 180 cm³/mol. The Balaban J connectivity index is 1.11. The van der Waals surface area contributed by atoms with Crippen molar-refractivity contribution in [3.8, 4) is 11.5 Å². The van der Waals surface area contributed by atoms with Crippen LogP contribution in [0.1, 0.15) is 35.3 Å². The number of ether oxygens (including phenoxy) is 2. The van der Waals surface area contributed by atoms with Crippen LogP contribution in [0.25, 0.3) is 0 Å². The minimum Gasteiger partial charge on any atom is -0.490 e. The van der Waals surface area contributed by atoms with Crippen LogP contribution in [0.3, 0.4) is 0 Å². The summed E-state index contributed by atoms with van der Waals surface area (Å²) in [7, 11) is 0. The molecule has 4 aliphatic rings. The third-order valence-electron chi connectivity index (χ3n) is 10.1. The number of hydrogen-bond donors (Lipinski definition) is 2. The standard InChI is InChI=1S/C36H33N3O6S2/c1-3-44-25-15-19(13-14-24(25)45-17-26(40)37-23-12-8-7-9-18(23)2)27-28-21-16-22(31(28)46-33-32(27)47-36(43)38-33)30-29(21)34(41)39(35(30)42)20-10-5-4-6-11-20/h4-15,21-22,27-31H,3,16-17H2,1-2H3,(H,37,40)(H,38,43)/t21-,22-,27-,28?,29?,30?,31?/m1/s1. The van der Waals surface area contributed by atoms with Crippen molar-refractivity contribution in [2.45, 2.75) is 36.5 Å². The molecule has 0 spiro atoms. The Morgan fingerprint density at radius 1 is 0.936 bits per heavy atom. The number of thiazole rings is 1. The first-order valence-corrected chi connectivity index (χ1v) is 17.6. The molecule has 1 saturated heterocycles. The van der Waals surface area contributed by atoms with E-state index < -0.39 is 0 Å². The lowest BCUT2D eigenvalue weighted by Gasteiger charge is -2.43. The van der Waals surface area contributed by atoms with Crippen LogP contribution in [0.4, 0.5) is 11.4 Å². The number of amides is 3. The molecule has 3 aromatic carbocycles. The average molecular weight is 668 g/mol. The Hall–Kier alpha value is -4.35. The molecular formula is C36H33N3O6S2. The van der Waals surface area contributed by atoms with Crippen molar-refractivity contribution in [3.63, 3.8) is 0 Å². The van der Waals surface area contributed by atoms with Crippen molar-refractivity contribution in [1.82, 2.24) is 4.98 Å². The second-order valence-electron chi connectivity index (χ2n) is 12.6. The second kappa shape index (κ2) is 11.7. The molecule has 240 valence electrons. The summed E-state index contributed by atoms with van der Waals surface area (Å²) in [6, 6.07) is 22.5. The van der Waals surface area contributed by atoms with E-state index in [-0.39, 0.29) is 70.0 Å². The number of anilines is 2. The predicted octanol–water partition coefficient (Wildman–Crippen LogP) is 5.84. The van der Waals surface area contributed by atoms with E-state index in [1.165, 1.54) is 16.2 Å². The van der Waals surface area contributed by atoms with Gasteiger partial charge in [0.1, 0.15) is 0 Å². The molecular weight excluding hydrogens is 635 g/mol. The Kier molecular flexibility index (Phi) is 7.48. The number of nitrogens with one attached hydrogen (secondary N) is 2. The number of carbonyl (C=O) groups is 3. The van der Waals surface area contributed by atoms with Crippen LogP contribution in [0.15, 0.2) is 82.6 Å². The van der Waals surface area contributed by atoms with Crippen LogP contribution in [-0.2, 0) is 14.4 Å². The summed E-state index contributed by atoms with van der Waals surface area (Å²) in [5.41, 5.74) is 3.27. The number of hydrogen-bond acceptors (Lipinski definition) is 8. The monoisotopic (exact) mass is 667 g/mol. The summed E-state index contributed by atoms with van der Waals surface area (Å²) in [5.74, 6) is -0.353. The van der Waals surface area contributed by atoms with Crippen LogP contribution in [0.2, 0.25) is 0 Å². The maximum atomic E-state index is 14.0. The van der Waals surface area contributed by atoms with Gasteiger partial charge in [-0.25, -0.2) is 0 Å². The minimum absolute atomic E-state index is 0.000349. The number of rotatable bonds is 8. The highest BCUT2D eigenvalue weighted by atomic mass is 32.2. The number of imide groups is 1. The van der Waals surface area contributed by atoms with Crippen LogP contribution in [-0.4, -0.2) is 41.2 Å². The fourth-order valence-corrected chi connectivity index (χ4v) is 11.3. The molecule has 8 rings (SSSR count). The Morgan fingerprint density at radius 3 is 2.45 bits per heavy atom. The first-order valence-electron chi connectivity index (χ1n) is 15.9. The van der Waals surface area contributed by atoms with Crippen LogP contribution >= 0.6 is 23.1 Å². The lowest BCUT2D eigenvalue weighted by Crippen LogP contribution is -2.42. The fraction of sp³-hybridized carbons (Fsp3) is 0.333. The summed E-state index contributed by atoms with van der Waals surface area (Å²) in [6.45, 7) is 4.02. The Labute approximate surface area is 279 Å². The summed E-state index contributed by atoms with van der Waals surface area (Å²) in [5, 5.41) is 3.82. The SMILES string of the molecule is CCOc1cc([C@H]2c3sc(=O)[nH]c3SC3C2[C@H]2C[C@@H]3C3C(=O)N(c4ccccc4)C(=O)C32)ccc1OCC(=O)Nc1ccccc1C. The third-order valence-corrected chi connectivity index (χ3v) is 12.7. The lowest BCUT2D eigenvalue weighted by molar-refractivity contribution is -0.123. The number of carbonyl (C=O) groups excluding carboxylic acids is 3. The minimum atomic E-state index is -0.380. The molecule has 11 heteroatoms. The molecule has 2 saturated carbocycles. The van der Waals surface area contributed by atoms with Gasteiger partial charge in [-0.15, -0.1) is 11.8 Å². The number of H-pyrrole nitrogens is 1. The number of thioether (sulfide) groups is 1. The van der Waals surface area contributed by atoms with Gasteiger partial charge in [0.15, 0.2) is 18.1 Å². The highest BCUT2D eigenvalue weighted by molar-refractivity contribution is 8.00. The van der Waals surface area contributed by atoms with E-state index in [0.29, 0.717) is 23.8 Å². The lowest BCUT2D eigenvalue weighted by atomic mass is 9.68. The van der Waals surface area contributed by atoms with Crippen molar-refractivity contribution < 1.29 is 23.9 Å². The first-order chi connectivity index (χ1) is 22.8. The van der Waals surface area contributed by atoms with E-state index in [2.05, 4.69) is 10.3 Å². The maximum absolute atomic E-state index is 14.0. The molecule has 3 heterocycles. The van der Waals surface area contributed by atoms with Gasteiger partial charge in [0, 0.05) is 21.7 Å². The number of benzene rings is 3. The van der Waals surface area contributed by atoms with Gasteiger partial charge in [-0.05, 0) is 79.5 Å². The van der Waals surface area contributed by atoms with E-state index >= 15 is 0 Å². The molecule has 4 unspecified atom stereocenters. The van der Waals surface area contributed by atoms with Crippen molar-refractivity contribution >= 4 is 52.2 Å². The summed E-state index contributed by atoms with van der Waals surface area (Å²) in [4.78, 5) is 58.5. The fourth-order valence-electron chi connectivity index (χ4n) is 8.37. The molecule has 4 aromatic rings. The summed E-state index contributed by atoms with van der Waals surface area (Å²) in [6.07, 6.45) is 0.808. The van der Waals surface area contributed by atoms with E-state index in [9.17, 15) is 19.2 Å². The van der Waals surface area contributed by atoms with Gasteiger partial charge < -0.3 is 19.8 Å². The topological polar surface area (TPSA) is 118 Å². The smallest absolute Gasteiger partial charge is 0.305 e. The van der Waals surface area contributed by atoms with Gasteiger partial charge in [-0.2, -0.15) is 0 Å². The van der Waals surface area contributed by atoms with Crippen molar-refractivity contribution in [2.24, 2.45) is 29.6 Å². The molecule has 0 radical (unpaired) electrons. The second-order valence-corrected chi connectivity index (χ2v) is 14.8. The van der Waals surface area contributed by atoms with E-state index in [1.807, 2.05) is 86.6 Å². The van der Waals surface area contributed by atoms with E-state index in [1.54, 1.807) is 11.8 Å². The molecule has 9 nitrogen and oxygen atoms in total. The first kappa shape index (κ1) is 30.0. The highest BCUT2D eigenvalue weighted by Gasteiger charge is 2.69. The number of aromatic amines is 1. The van der Waals surface area contributed by atoms with Gasteiger partial charge in [-0.3, -0.25) is 24.1 Å². The van der Waals surface area contributed by atoms with Gasteiger partial charge in [0.05, 0.1) is 29.2 Å². The molecule has 47 heavy (non-hydrogen) atoms. The highest BCUT2D eigenvalue weighted by Crippen LogP contribution is 2.68. The van der Waals surface area contributed by atoms with Crippen molar-refractivity contribution in [1.29, 1.82) is 0 Å². The molecule has 3 fully saturated rings. The number of para-hydroxylation sites is 2. The molecule has 2 N–H and O–H groups in total. The quantitative estimate of drug-likeness (QED) is 0.227. The zero-order valence-corrected chi connectivity index (χ0v) is 27.4. The molecule has 2 bridgehead atoms. The molecule has 3 amide bonds. The number of nitrogens with zero attached hydrogens (tertiary/aromatic N) is 1. The molecule has 1 aromatic heterocycles. The van der Waals surface area contributed by atoms with Gasteiger partial charge in [-0.1, -0.05) is 53.8 Å². The molecule has 2 aliphatic carbocycles. The molecule has 7 atom stereocenters. The van der Waals surface area contributed by atoms with Gasteiger partial charge in [0.2, 0.25) is 11.8 Å². The molecule has 2 aliphatic heterocycles. The summed E-state index contributed by atoms with van der Waals surface area (Å²) < 4.78 is 12.0. The average Bonchev–Trinajstić information content (AvgIpc) is 3.80. The van der Waals surface area contributed by atoms with E-state index in [4.69, 9.17) is 9.47 Å².